The molecule has 0 aliphatic rings. The van der Waals surface area contributed by atoms with Crippen LogP contribution in [-0.2, 0) is 9.84 Å². The van der Waals surface area contributed by atoms with Crippen LogP contribution in [0.4, 0.5) is 0 Å². The molecule has 1 aromatic heterocycles. The largest absolute Gasteiger partial charge is 0.468 e. The molecule has 19 heavy (non-hydrogen) atoms. The molecule has 0 amide bonds. The van der Waals surface area contributed by atoms with Crippen molar-refractivity contribution in [1.29, 1.82) is 0 Å². The van der Waals surface area contributed by atoms with E-state index in [1.807, 2.05) is 0 Å². The van der Waals surface area contributed by atoms with Gasteiger partial charge >= 0.3 is 0 Å². The fourth-order valence-corrected chi connectivity index (χ4v) is 3.50. The van der Waals surface area contributed by atoms with E-state index >= 15 is 0 Å². The molecule has 1 heterocycles. The highest BCUT2D eigenvalue weighted by atomic mass is 32.2. The molecular weight excluding hydrogens is 262 g/mol. The first-order valence-electron chi connectivity index (χ1n) is 5.78. The second kappa shape index (κ2) is 5.42. The third kappa shape index (κ3) is 2.62. The number of rotatable bonds is 5. The van der Waals surface area contributed by atoms with Crippen molar-refractivity contribution in [2.75, 3.05) is 0 Å². The quantitative estimate of drug-likeness (QED) is 0.851. The van der Waals surface area contributed by atoms with Gasteiger partial charge < -0.3 is 10.2 Å². The van der Waals surface area contributed by atoms with Gasteiger partial charge in [-0.05, 0) is 24.3 Å². The summed E-state index contributed by atoms with van der Waals surface area (Å²) in [4.78, 5) is 0.224. The summed E-state index contributed by atoms with van der Waals surface area (Å²) in [7, 11) is -3.58. The lowest BCUT2D eigenvalue weighted by molar-refractivity contribution is 0.463. The van der Waals surface area contributed by atoms with Gasteiger partial charge in [-0.2, -0.15) is 0 Å². The van der Waals surface area contributed by atoms with Crippen LogP contribution in [0.15, 0.2) is 70.7 Å². The number of hydrogen-bond donors (Lipinski definition) is 1. The summed E-state index contributed by atoms with van der Waals surface area (Å²) in [6.07, 6.45) is 2.81. The molecule has 0 aliphatic carbocycles. The minimum absolute atomic E-state index is 0.224. The summed E-state index contributed by atoms with van der Waals surface area (Å²) in [5.74, 6) is 0.421. The van der Waals surface area contributed by atoms with Crippen LogP contribution < -0.4 is 5.73 Å². The van der Waals surface area contributed by atoms with Gasteiger partial charge in [0.15, 0.2) is 9.84 Å². The third-order valence-electron chi connectivity index (χ3n) is 2.89. The van der Waals surface area contributed by atoms with E-state index in [1.54, 1.807) is 42.5 Å². The summed E-state index contributed by atoms with van der Waals surface area (Å²) < 4.78 is 30.2. The Morgan fingerprint density at radius 1 is 1.16 bits per heavy atom. The molecule has 2 aromatic rings. The Balaban J connectivity index is 2.40. The Morgan fingerprint density at radius 3 is 2.37 bits per heavy atom. The lowest BCUT2D eigenvalue weighted by Gasteiger charge is -2.19. The zero-order valence-corrected chi connectivity index (χ0v) is 11.1. The van der Waals surface area contributed by atoms with Gasteiger partial charge in [-0.3, -0.25) is 0 Å². The summed E-state index contributed by atoms with van der Waals surface area (Å²) in [6.45, 7) is 3.58. The second-order valence-electron chi connectivity index (χ2n) is 4.10. The molecule has 0 saturated heterocycles. The Hall–Kier alpha value is -1.85. The van der Waals surface area contributed by atoms with Gasteiger partial charge in [0, 0.05) is 0 Å². The molecule has 0 aliphatic heterocycles. The van der Waals surface area contributed by atoms with Gasteiger partial charge in [-0.1, -0.05) is 24.3 Å². The Kier molecular flexibility index (Phi) is 3.87. The van der Waals surface area contributed by atoms with Crippen molar-refractivity contribution >= 4 is 9.84 Å². The maximum atomic E-state index is 12.5. The molecule has 0 fully saturated rings. The highest BCUT2D eigenvalue weighted by molar-refractivity contribution is 7.92. The van der Waals surface area contributed by atoms with Gasteiger partial charge in [0.25, 0.3) is 0 Å². The zero-order chi connectivity index (χ0) is 13.9. The van der Waals surface area contributed by atoms with E-state index in [0.29, 0.717) is 5.76 Å². The van der Waals surface area contributed by atoms with Gasteiger partial charge in [-0.15, -0.1) is 6.58 Å². The molecule has 4 nitrogen and oxygen atoms in total. The van der Waals surface area contributed by atoms with Gasteiger partial charge in [0.1, 0.15) is 11.0 Å². The number of nitrogens with two attached hydrogens (primary N) is 1. The van der Waals surface area contributed by atoms with E-state index in [9.17, 15) is 8.42 Å². The average Bonchev–Trinajstić information content (AvgIpc) is 2.94. The van der Waals surface area contributed by atoms with Crippen molar-refractivity contribution in [3.05, 3.63) is 67.1 Å². The number of sulfone groups is 1. The minimum atomic E-state index is -3.58. The fourth-order valence-electron chi connectivity index (χ4n) is 1.88. The van der Waals surface area contributed by atoms with Crippen LogP contribution in [-0.4, -0.2) is 13.7 Å². The first-order chi connectivity index (χ1) is 9.07. The van der Waals surface area contributed by atoms with Crippen molar-refractivity contribution in [1.82, 2.24) is 0 Å². The molecule has 0 unspecified atom stereocenters. The highest BCUT2D eigenvalue weighted by Gasteiger charge is 2.32. The van der Waals surface area contributed by atoms with Crippen LogP contribution in [0.5, 0.6) is 0 Å². The van der Waals surface area contributed by atoms with E-state index in [4.69, 9.17) is 10.2 Å². The molecule has 0 radical (unpaired) electrons. The summed E-state index contributed by atoms with van der Waals surface area (Å²) in [5.41, 5.74) is 5.97. The molecule has 5 heteroatoms. The second-order valence-corrected chi connectivity index (χ2v) is 6.21. The van der Waals surface area contributed by atoms with Crippen molar-refractivity contribution in [2.24, 2.45) is 5.73 Å². The van der Waals surface area contributed by atoms with Crippen LogP contribution in [0, 0.1) is 0 Å². The Labute approximate surface area is 112 Å². The van der Waals surface area contributed by atoms with E-state index in [-0.39, 0.29) is 4.90 Å². The van der Waals surface area contributed by atoms with Crippen LogP contribution in [0.1, 0.15) is 11.8 Å². The summed E-state index contributed by atoms with van der Waals surface area (Å²) in [5, 5.41) is -0.930. The molecule has 2 rings (SSSR count). The standard InChI is InChI=1S/C14H15NO3S/c1-2-13(14(15)12-9-6-10-18-12)19(16,17)11-7-4-3-5-8-11/h2-10,13-14H,1,15H2/t13-,14+/m0/s1. The normalized spacial score (nSPS) is 14.8. The average molecular weight is 277 g/mol. The topological polar surface area (TPSA) is 73.3 Å². The van der Waals surface area contributed by atoms with E-state index in [1.165, 1.54) is 12.3 Å². The first kappa shape index (κ1) is 13.6. The summed E-state index contributed by atoms with van der Waals surface area (Å²) >= 11 is 0. The summed E-state index contributed by atoms with van der Waals surface area (Å²) in [6, 6.07) is 10.7. The molecular formula is C14H15NO3S. The highest BCUT2D eigenvalue weighted by Crippen LogP contribution is 2.26. The monoisotopic (exact) mass is 277 g/mol. The molecule has 2 N–H and O–H groups in total. The number of furan rings is 1. The lowest BCUT2D eigenvalue weighted by atomic mass is 10.1. The maximum absolute atomic E-state index is 12.5. The van der Waals surface area contributed by atoms with Gasteiger partial charge in [0.05, 0.1) is 17.2 Å². The number of hydrogen-bond acceptors (Lipinski definition) is 4. The molecule has 0 spiro atoms. The predicted molar refractivity (Wildman–Crippen MR) is 73.2 cm³/mol. The van der Waals surface area contributed by atoms with E-state index < -0.39 is 21.1 Å². The Morgan fingerprint density at radius 2 is 1.84 bits per heavy atom. The lowest BCUT2D eigenvalue weighted by Crippen LogP contribution is -2.31. The van der Waals surface area contributed by atoms with Crippen LogP contribution in [0.25, 0.3) is 0 Å². The van der Waals surface area contributed by atoms with Crippen molar-refractivity contribution in [3.63, 3.8) is 0 Å². The molecule has 1 aromatic carbocycles. The maximum Gasteiger partial charge on any atom is 0.186 e. The van der Waals surface area contributed by atoms with Crippen LogP contribution in [0.2, 0.25) is 0 Å². The molecule has 0 bridgehead atoms. The van der Waals surface area contributed by atoms with E-state index in [0.717, 1.165) is 0 Å². The predicted octanol–water partition coefficient (Wildman–Crippen LogP) is 2.31. The molecule has 100 valence electrons. The van der Waals surface area contributed by atoms with Crippen molar-refractivity contribution in [3.8, 4) is 0 Å². The molecule has 2 atom stereocenters. The molecule has 0 saturated carbocycles. The van der Waals surface area contributed by atoms with Crippen LogP contribution >= 0.6 is 0 Å². The fraction of sp³-hybridized carbons (Fsp3) is 0.143. The first-order valence-corrected chi connectivity index (χ1v) is 7.32. The minimum Gasteiger partial charge on any atom is -0.468 e. The van der Waals surface area contributed by atoms with Crippen LogP contribution in [0.3, 0.4) is 0 Å². The van der Waals surface area contributed by atoms with E-state index in [2.05, 4.69) is 6.58 Å². The third-order valence-corrected chi connectivity index (χ3v) is 5.02. The Bertz CT molecular complexity index is 633. The van der Waals surface area contributed by atoms with Crippen molar-refractivity contribution < 1.29 is 12.8 Å². The van der Waals surface area contributed by atoms with Gasteiger partial charge in [0.2, 0.25) is 0 Å². The smallest absolute Gasteiger partial charge is 0.186 e. The number of benzene rings is 1. The SMILES string of the molecule is C=C[C@@H]([C@H](N)c1ccco1)S(=O)(=O)c1ccccc1. The van der Waals surface area contributed by atoms with Crippen molar-refractivity contribution in [2.45, 2.75) is 16.2 Å². The van der Waals surface area contributed by atoms with Gasteiger partial charge in [-0.25, -0.2) is 8.42 Å². The zero-order valence-electron chi connectivity index (χ0n) is 10.3.